The Kier molecular flexibility index (Phi) is 6.77. The van der Waals surface area contributed by atoms with Crippen molar-refractivity contribution in [2.24, 2.45) is 0 Å². The summed E-state index contributed by atoms with van der Waals surface area (Å²) in [6, 6.07) is 5.46. The lowest BCUT2D eigenvalue weighted by atomic mass is 10.2. The fourth-order valence-electron chi connectivity index (χ4n) is 1.83. The van der Waals surface area contributed by atoms with Crippen LogP contribution in [-0.4, -0.2) is 38.0 Å². The van der Waals surface area contributed by atoms with Crippen LogP contribution in [0.25, 0.3) is 0 Å². The van der Waals surface area contributed by atoms with Gasteiger partial charge in [-0.25, -0.2) is 12.8 Å². The maximum atomic E-state index is 13.0. The zero-order valence-corrected chi connectivity index (χ0v) is 13.1. The predicted molar refractivity (Wildman–Crippen MR) is 81.0 cm³/mol. The maximum Gasteiger partial charge on any atom is 0.239 e. The first-order valence-electron chi connectivity index (χ1n) is 6.83. The summed E-state index contributed by atoms with van der Waals surface area (Å²) in [5.74, 6) is -0.946. The molecule has 0 bridgehead atoms. The molecule has 21 heavy (non-hydrogen) atoms. The molecule has 1 N–H and O–H groups in total. The van der Waals surface area contributed by atoms with Gasteiger partial charge in [-0.2, -0.15) is 4.31 Å². The first-order valence-corrected chi connectivity index (χ1v) is 8.68. The minimum Gasteiger partial charge on any atom is -0.325 e. The number of rotatable bonds is 8. The Morgan fingerprint density at radius 1 is 1.33 bits per heavy atom. The summed E-state index contributed by atoms with van der Waals surface area (Å²) >= 11 is 0. The largest absolute Gasteiger partial charge is 0.325 e. The molecule has 0 radical (unpaired) electrons. The zero-order chi connectivity index (χ0) is 15.9. The van der Waals surface area contributed by atoms with Crippen LogP contribution in [0.2, 0.25) is 0 Å². The van der Waals surface area contributed by atoms with E-state index in [4.69, 9.17) is 0 Å². The minimum atomic E-state index is -3.44. The van der Waals surface area contributed by atoms with Crippen LogP contribution in [0.1, 0.15) is 26.2 Å². The lowest BCUT2D eigenvalue weighted by Crippen LogP contribution is -2.38. The Morgan fingerprint density at radius 3 is 2.62 bits per heavy atom. The maximum absolute atomic E-state index is 13.0. The second-order valence-corrected chi connectivity index (χ2v) is 6.84. The number of halogens is 1. The summed E-state index contributed by atoms with van der Waals surface area (Å²) in [5.41, 5.74) is 0.307. The smallest absolute Gasteiger partial charge is 0.239 e. The molecule has 0 aliphatic rings. The fourth-order valence-corrected chi connectivity index (χ4v) is 2.64. The Labute approximate surface area is 125 Å². The van der Waals surface area contributed by atoms with Gasteiger partial charge in [-0.1, -0.05) is 25.8 Å². The summed E-state index contributed by atoms with van der Waals surface area (Å²) in [6.45, 7) is 2.06. The highest BCUT2D eigenvalue weighted by molar-refractivity contribution is 7.88. The molecule has 0 saturated heterocycles. The van der Waals surface area contributed by atoms with E-state index in [-0.39, 0.29) is 6.54 Å². The third-order valence-electron chi connectivity index (χ3n) is 2.91. The summed E-state index contributed by atoms with van der Waals surface area (Å²) < 4.78 is 37.5. The van der Waals surface area contributed by atoms with Crippen molar-refractivity contribution < 1.29 is 17.6 Å². The van der Waals surface area contributed by atoms with E-state index in [2.05, 4.69) is 5.32 Å². The molecule has 0 heterocycles. The monoisotopic (exact) mass is 316 g/mol. The van der Waals surface area contributed by atoms with Crippen LogP contribution >= 0.6 is 0 Å². The van der Waals surface area contributed by atoms with Crippen LogP contribution < -0.4 is 5.32 Å². The number of unbranched alkanes of at least 4 members (excludes halogenated alkanes) is 2. The van der Waals surface area contributed by atoms with Crippen LogP contribution in [0.3, 0.4) is 0 Å². The Hall–Kier alpha value is -1.47. The van der Waals surface area contributed by atoms with Crippen LogP contribution in [-0.2, 0) is 14.8 Å². The summed E-state index contributed by atoms with van der Waals surface area (Å²) in [6.07, 6.45) is 3.65. The van der Waals surface area contributed by atoms with Crippen molar-refractivity contribution in [3.63, 3.8) is 0 Å². The molecule has 5 nitrogen and oxygen atoms in total. The first-order chi connectivity index (χ1) is 9.82. The zero-order valence-electron chi connectivity index (χ0n) is 12.3. The third-order valence-corrected chi connectivity index (χ3v) is 4.16. The van der Waals surface area contributed by atoms with Gasteiger partial charge in [-0.05, 0) is 24.6 Å². The van der Waals surface area contributed by atoms with Crippen LogP contribution in [0.5, 0.6) is 0 Å². The van der Waals surface area contributed by atoms with E-state index in [9.17, 15) is 17.6 Å². The Morgan fingerprint density at radius 2 is 2.05 bits per heavy atom. The molecule has 0 atom stereocenters. The number of nitrogens with one attached hydrogen (secondary N) is 1. The average Bonchev–Trinajstić information content (AvgIpc) is 2.36. The number of carbonyl (C=O) groups excluding carboxylic acids is 1. The van der Waals surface area contributed by atoms with Crippen molar-refractivity contribution in [3.05, 3.63) is 30.1 Å². The highest BCUT2D eigenvalue weighted by Gasteiger charge is 2.19. The van der Waals surface area contributed by atoms with Crippen LogP contribution in [0, 0.1) is 5.82 Å². The topological polar surface area (TPSA) is 66.5 Å². The molecule has 0 aliphatic heterocycles. The molecule has 0 unspecified atom stereocenters. The lowest BCUT2D eigenvalue weighted by Gasteiger charge is -2.19. The van der Waals surface area contributed by atoms with Gasteiger partial charge in [0.2, 0.25) is 15.9 Å². The molecular weight excluding hydrogens is 295 g/mol. The molecule has 1 aromatic rings. The van der Waals surface area contributed by atoms with E-state index in [1.165, 1.54) is 18.2 Å². The fraction of sp³-hybridized carbons (Fsp3) is 0.500. The third kappa shape index (κ3) is 6.68. The molecule has 1 rings (SSSR count). The van der Waals surface area contributed by atoms with Gasteiger partial charge in [0.1, 0.15) is 5.82 Å². The predicted octanol–water partition coefficient (Wildman–Crippen LogP) is 2.22. The van der Waals surface area contributed by atoms with Crippen molar-refractivity contribution in [2.75, 3.05) is 24.7 Å². The number of hydrogen-bond acceptors (Lipinski definition) is 3. The van der Waals surface area contributed by atoms with Crippen LogP contribution in [0.4, 0.5) is 10.1 Å². The number of benzene rings is 1. The Bertz CT molecular complexity index is 575. The molecule has 0 aromatic heterocycles. The molecule has 1 aromatic carbocycles. The molecule has 0 spiro atoms. The second kappa shape index (κ2) is 8.09. The van der Waals surface area contributed by atoms with E-state index < -0.39 is 21.7 Å². The molecule has 0 fully saturated rings. The number of sulfonamides is 1. The molecule has 0 aliphatic carbocycles. The number of nitrogens with zero attached hydrogens (tertiary/aromatic N) is 1. The van der Waals surface area contributed by atoms with Gasteiger partial charge in [0.05, 0.1) is 12.8 Å². The van der Waals surface area contributed by atoms with Gasteiger partial charge in [-0.15, -0.1) is 0 Å². The number of amides is 1. The molecule has 7 heteroatoms. The number of anilines is 1. The summed E-state index contributed by atoms with van der Waals surface area (Å²) in [5, 5.41) is 2.49. The first kappa shape index (κ1) is 17.6. The van der Waals surface area contributed by atoms with Gasteiger partial charge < -0.3 is 5.32 Å². The minimum absolute atomic E-state index is 0.265. The highest BCUT2D eigenvalue weighted by Crippen LogP contribution is 2.10. The Balaban J connectivity index is 2.63. The molecule has 118 valence electrons. The molecule has 0 saturated carbocycles. The second-order valence-electron chi connectivity index (χ2n) is 4.86. The normalized spacial score (nSPS) is 11.6. The van der Waals surface area contributed by atoms with Crippen molar-refractivity contribution in [1.29, 1.82) is 0 Å². The quantitative estimate of drug-likeness (QED) is 0.748. The highest BCUT2D eigenvalue weighted by atomic mass is 32.2. The van der Waals surface area contributed by atoms with E-state index >= 15 is 0 Å². The lowest BCUT2D eigenvalue weighted by molar-refractivity contribution is -0.116. The average molecular weight is 316 g/mol. The van der Waals surface area contributed by atoms with Gasteiger partial charge in [-0.3, -0.25) is 4.79 Å². The molecule has 1 amide bonds. The SMILES string of the molecule is CCCCCN(CC(=O)Nc1cccc(F)c1)S(C)(=O)=O. The van der Waals surface area contributed by atoms with E-state index in [1.54, 1.807) is 6.07 Å². The standard InChI is InChI=1S/C14H21FN2O3S/c1-3-4-5-9-17(21(2,19)20)11-14(18)16-13-8-6-7-12(15)10-13/h6-8,10H,3-5,9,11H2,1-2H3,(H,16,18). The van der Waals surface area contributed by atoms with Crippen molar-refractivity contribution in [3.8, 4) is 0 Å². The van der Waals surface area contributed by atoms with E-state index in [0.717, 1.165) is 23.4 Å². The number of hydrogen-bond donors (Lipinski definition) is 1. The van der Waals surface area contributed by atoms with Crippen molar-refractivity contribution in [1.82, 2.24) is 4.31 Å². The van der Waals surface area contributed by atoms with E-state index in [0.29, 0.717) is 18.7 Å². The van der Waals surface area contributed by atoms with Crippen molar-refractivity contribution in [2.45, 2.75) is 26.2 Å². The van der Waals surface area contributed by atoms with Crippen molar-refractivity contribution >= 4 is 21.6 Å². The van der Waals surface area contributed by atoms with E-state index in [1.807, 2.05) is 6.92 Å². The van der Waals surface area contributed by atoms with Gasteiger partial charge >= 0.3 is 0 Å². The number of carbonyl (C=O) groups is 1. The summed E-state index contributed by atoms with van der Waals surface area (Å²) in [4.78, 5) is 11.9. The molecular formula is C14H21FN2O3S. The van der Waals surface area contributed by atoms with Gasteiger partial charge in [0.25, 0.3) is 0 Å². The van der Waals surface area contributed by atoms with Gasteiger partial charge in [0, 0.05) is 12.2 Å². The summed E-state index contributed by atoms with van der Waals surface area (Å²) in [7, 11) is -3.44. The van der Waals surface area contributed by atoms with Gasteiger partial charge in [0.15, 0.2) is 0 Å². The van der Waals surface area contributed by atoms with Crippen LogP contribution in [0.15, 0.2) is 24.3 Å².